The van der Waals surface area contributed by atoms with Gasteiger partial charge in [-0.1, -0.05) is 29.3 Å². The molecule has 1 aromatic rings. The molecule has 0 radical (unpaired) electrons. The molecule has 1 unspecified atom stereocenters. The van der Waals surface area contributed by atoms with Gasteiger partial charge < -0.3 is 5.11 Å². The van der Waals surface area contributed by atoms with Crippen LogP contribution >= 0.6 is 23.2 Å². The lowest BCUT2D eigenvalue weighted by Gasteiger charge is -2.33. The first-order valence-electron chi connectivity index (χ1n) is 6.25. The summed E-state index contributed by atoms with van der Waals surface area (Å²) >= 11 is 12.1. The van der Waals surface area contributed by atoms with Crippen molar-refractivity contribution >= 4 is 29.2 Å². The van der Waals surface area contributed by atoms with Gasteiger partial charge >= 0.3 is 5.97 Å². The molecule has 0 bridgehead atoms. The second-order valence-corrected chi connectivity index (χ2v) is 5.66. The fraction of sp³-hybridized carbons (Fsp3) is 0.500. The maximum atomic E-state index is 10.7. The molecule has 1 rings (SSSR count). The second kappa shape index (κ2) is 7.13. The smallest absolute Gasteiger partial charge is 0.304 e. The highest BCUT2D eigenvalue weighted by Gasteiger charge is 2.21. The van der Waals surface area contributed by atoms with Crippen LogP contribution in [0.15, 0.2) is 18.2 Å². The summed E-state index contributed by atoms with van der Waals surface area (Å²) < 4.78 is 0. The Bertz CT molecular complexity index is 449. The van der Waals surface area contributed by atoms with E-state index in [1.807, 2.05) is 26.8 Å². The van der Waals surface area contributed by atoms with Crippen molar-refractivity contribution in [2.45, 2.75) is 39.3 Å². The number of benzene rings is 1. The minimum atomic E-state index is -0.792. The molecular formula is C14H19Cl2NO2. The monoisotopic (exact) mass is 303 g/mol. The van der Waals surface area contributed by atoms with Gasteiger partial charge in [0.25, 0.3) is 0 Å². The normalized spacial score (nSPS) is 13.0. The molecule has 0 saturated carbocycles. The van der Waals surface area contributed by atoms with Crippen LogP contribution in [0.2, 0.25) is 10.0 Å². The van der Waals surface area contributed by atoms with Crippen LogP contribution in [-0.2, 0) is 4.79 Å². The number of carbonyl (C=O) groups is 1. The number of halogens is 2. The van der Waals surface area contributed by atoms with Crippen LogP contribution in [0.1, 0.15) is 38.8 Å². The number of aliphatic carboxylic acids is 1. The van der Waals surface area contributed by atoms with Crippen molar-refractivity contribution in [2.24, 2.45) is 0 Å². The standard InChI is InChI=1S/C14H19Cl2NO2/c1-9(2)17(7-6-14(18)19)10(3)12-5-4-11(15)8-13(12)16/h4-5,8-10H,6-7H2,1-3H3,(H,18,19). The van der Waals surface area contributed by atoms with E-state index in [4.69, 9.17) is 28.3 Å². The van der Waals surface area contributed by atoms with Crippen LogP contribution < -0.4 is 0 Å². The van der Waals surface area contributed by atoms with Gasteiger partial charge in [-0.3, -0.25) is 9.69 Å². The third-order valence-electron chi connectivity index (χ3n) is 3.16. The molecule has 0 saturated heterocycles. The maximum Gasteiger partial charge on any atom is 0.304 e. The van der Waals surface area contributed by atoms with E-state index in [2.05, 4.69) is 4.90 Å². The number of hydrogen-bond acceptors (Lipinski definition) is 2. The first-order chi connectivity index (χ1) is 8.82. The third kappa shape index (κ3) is 4.68. The molecule has 1 aromatic carbocycles. The van der Waals surface area contributed by atoms with E-state index >= 15 is 0 Å². The van der Waals surface area contributed by atoms with E-state index in [0.717, 1.165) is 5.56 Å². The molecule has 1 atom stereocenters. The van der Waals surface area contributed by atoms with Gasteiger partial charge in [0.1, 0.15) is 0 Å². The Kier molecular flexibility index (Phi) is 6.11. The zero-order valence-corrected chi connectivity index (χ0v) is 12.9. The average Bonchev–Trinajstić information content (AvgIpc) is 2.27. The average molecular weight is 304 g/mol. The lowest BCUT2D eigenvalue weighted by molar-refractivity contribution is -0.137. The Hall–Kier alpha value is -0.770. The van der Waals surface area contributed by atoms with Crippen molar-refractivity contribution in [3.05, 3.63) is 33.8 Å². The quantitative estimate of drug-likeness (QED) is 0.854. The van der Waals surface area contributed by atoms with Gasteiger partial charge in [0.15, 0.2) is 0 Å². The molecule has 0 amide bonds. The Morgan fingerprint density at radius 1 is 1.32 bits per heavy atom. The summed E-state index contributed by atoms with van der Waals surface area (Å²) in [4.78, 5) is 12.8. The SMILES string of the molecule is CC(C)N(CCC(=O)O)C(C)c1ccc(Cl)cc1Cl. The Labute approximate surface area is 124 Å². The maximum absolute atomic E-state index is 10.7. The fourth-order valence-electron chi connectivity index (χ4n) is 2.14. The summed E-state index contributed by atoms with van der Waals surface area (Å²) in [6.45, 7) is 6.61. The lowest BCUT2D eigenvalue weighted by Crippen LogP contribution is -2.35. The van der Waals surface area contributed by atoms with Gasteiger partial charge in [-0.15, -0.1) is 0 Å². The van der Waals surface area contributed by atoms with Crippen LogP contribution in [0, 0.1) is 0 Å². The predicted molar refractivity (Wildman–Crippen MR) is 79.0 cm³/mol. The highest BCUT2D eigenvalue weighted by molar-refractivity contribution is 6.35. The zero-order valence-electron chi connectivity index (χ0n) is 11.4. The zero-order chi connectivity index (χ0) is 14.6. The number of carboxylic acid groups (broad SMARTS) is 1. The summed E-state index contributed by atoms with van der Waals surface area (Å²) in [5.41, 5.74) is 0.963. The summed E-state index contributed by atoms with van der Waals surface area (Å²) in [5.74, 6) is -0.792. The largest absolute Gasteiger partial charge is 0.481 e. The summed E-state index contributed by atoms with van der Waals surface area (Å²) in [6, 6.07) is 5.69. The van der Waals surface area contributed by atoms with Gasteiger partial charge in [0.2, 0.25) is 0 Å². The molecule has 0 heterocycles. The molecular weight excluding hydrogens is 285 g/mol. The van der Waals surface area contributed by atoms with Crippen LogP contribution in [-0.4, -0.2) is 28.6 Å². The molecule has 0 aromatic heterocycles. The Balaban J connectivity index is 2.92. The molecule has 1 N–H and O–H groups in total. The van der Waals surface area contributed by atoms with E-state index in [9.17, 15) is 4.79 Å². The van der Waals surface area contributed by atoms with Crippen LogP contribution in [0.4, 0.5) is 0 Å². The number of carboxylic acids is 1. The Morgan fingerprint density at radius 2 is 1.95 bits per heavy atom. The molecule has 0 aliphatic heterocycles. The van der Waals surface area contributed by atoms with Gasteiger partial charge in [-0.05, 0) is 38.5 Å². The minimum absolute atomic E-state index is 0.0455. The summed E-state index contributed by atoms with van der Waals surface area (Å²) in [6.07, 6.45) is 0.119. The molecule has 106 valence electrons. The summed E-state index contributed by atoms with van der Waals surface area (Å²) in [5, 5.41) is 10.0. The molecule has 5 heteroatoms. The molecule has 0 spiro atoms. The van der Waals surface area contributed by atoms with Gasteiger partial charge in [-0.25, -0.2) is 0 Å². The van der Waals surface area contributed by atoms with Crippen molar-refractivity contribution in [2.75, 3.05) is 6.54 Å². The third-order valence-corrected chi connectivity index (χ3v) is 3.72. The van der Waals surface area contributed by atoms with Crippen LogP contribution in [0.25, 0.3) is 0 Å². The van der Waals surface area contributed by atoms with Crippen molar-refractivity contribution in [3.63, 3.8) is 0 Å². The number of rotatable bonds is 6. The van der Waals surface area contributed by atoms with Crippen molar-refractivity contribution in [1.29, 1.82) is 0 Å². The van der Waals surface area contributed by atoms with E-state index in [0.29, 0.717) is 16.6 Å². The molecule has 3 nitrogen and oxygen atoms in total. The van der Waals surface area contributed by atoms with E-state index in [-0.39, 0.29) is 18.5 Å². The highest BCUT2D eigenvalue weighted by Crippen LogP contribution is 2.30. The predicted octanol–water partition coefficient (Wildman–Crippen LogP) is 4.24. The summed E-state index contributed by atoms with van der Waals surface area (Å²) in [7, 11) is 0. The first kappa shape index (κ1) is 16.3. The molecule has 0 aliphatic rings. The van der Waals surface area contributed by atoms with Gasteiger partial charge in [-0.2, -0.15) is 0 Å². The number of nitrogens with zero attached hydrogens (tertiary/aromatic N) is 1. The van der Waals surface area contributed by atoms with E-state index in [1.54, 1.807) is 12.1 Å². The van der Waals surface area contributed by atoms with Crippen LogP contribution in [0.3, 0.4) is 0 Å². The van der Waals surface area contributed by atoms with Crippen LogP contribution in [0.5, 0.6) is 0 Å². The molecule has 0 aliphatic carbocycles. The lowest BCUT2D eigenvalue weighted by atomic mass is 10.0. The second-order valence-electron chi connectivity index (χ2n) is 4.82. The minimum Gasteiger partial charge on any atom is -0.481 e. The molecule has 0 fully saturated rings. The Morgan fingerprint density at radius 3 is 2.42 bits per heavy atom. The van der Waals surface area contributed by atoms with Gasteiger partial charge in [0, 0.05) is 28.7 Å². The molecule has 19 heavy (non-hydrogen) atoms. The van der Waals surface area contributed by atoms with Crippen molar-refractivity contribution in [1.82, 2.24) is 4.90 Å². The first-order valence-corrected chi connectivity index (χ1v) is 7.01. The topological polar surface area (TPSA) is 40.5 Å². The fourth-order valence-corrected chi connectivity index (χ4v) is 2.71. The number of hydrogen-bond donors (Lipinski definition) is 1. The van der Waals surface area contributed by atoms with Crippen molar-refractivity contribution < 1.29 is 9.90 Å². The van der Waals surface area contributed by atoms with E-state index < -0.39 is 5.97 Å². The van der Waals surface area contributed by atoms with E-state index in [1.165, 1.54) is 0 Å². The van der Waals surface area contributed by atoms with Gasteiger partial charge in [0.05, 0.1) is 6.42 Å². The van der Waals surface area contributed by atoms with Crippen molar-refractivity contribution in [3.8, 4) is 0 Å². The highest BCUT2D eigenvalue weighted by atomic mass is 35.5.